The smallest absolute Gasteiger partial charge is 0.408 e. The number of ether oxygens (including phenoxy) is 1. The number of carbonyl (C=O) groups excluding carboxylic acids is 1. The molecule has 0 aliphatic carbocycles. The van der Waals surface area contributed by atoms with Crippen LogP contribution in [0.1, 0.15) is 18.4 Å². The van der Waals surface area contributed by atoms with Crippen molar-refractivity contribution in [2.24, 2.45) is 7.05 Å². The molecule has 1 amide bonds. The van der Waals surface area contributed by atoms with E-state index in [4.69, 9.17) is 9.15 Å². The first-order valence-electron chi connectivity index (χ1n) is 6.63. The summed E-state index contributed by atoms with van der Waals surface area (Å²) in [6, 6.07) is 5.42. The first kappa shape index (κ1) is 12.9. The quantitative estimate of drug-likeness (QED) is 0.905. The second-order valence-electron chi connectivity index (χ2n) is 4.95. The van der Waals surface area contributed by atoms with Crippen molar-refractivity contribution >= 4 is 17.0 Å². The number of rotatable bonds is 3. The zero-order chi connectivity index (χ0) is 14.1. The number of nitrogens with zero attached hydrogens (tertiary/aromatic N) is 1. The Kier molecular flexibility index (Phi) is 3.31. The van der Waals surface area contributed by atoms with E-state index in [1.165, 1.54) is 4.57 Å². The topological polar surface area (TPSA) is 73.5 Å². The molecule has 0 radical (unpaired) electrons. The van der Waals surface area contributed by atoms with Gasteiger partial charge in [-0.1, -0.05) is 6.07 Å². The van der Waals surface area contributed by atoms with Crippen molar-refractivity contribution in [2.75, 3.05) is 6.61 Å². The number of aromatic nitrogens is 1. The van der Waals surface area contributed by atoms with Gasteiger partial charge in [-0.05, 0) is 30.5 Å². The molecule has 106 valence electrons. The summed E-state index contributed by atoms with van der Waals surface area (Å²) in [6.07, 6.45) is 1.39. The maximum absolute atomic E-state index is 11.8. The number of hydrogen-bond acceptors (Lipinski definition) is 4. The molecule has 3 rings (SSSR count). The number of hydrogen-bond donors (Lipinski definition) is 1. The van der Waals surface area contributed by atoms with Crippen LogP contribution in [-0.2, 0) is 23.1 Å². The van der Waals surface area contributed by atoms with E-state index in [1.807, 2.05) is 12.1 Å². The van der Waals surface area contributed by atoms with Crippen LogP contribution in [0.25, 0.3) is 11.1 Å². The number of aryl methyl sites for hydroxylation is 1. The van der Waals surface area contributed by atoms with Gasteiger partial charge in [-0.3, -0.25) is 9.36 Å². The van der Waals surface area contributed by atoms with E-state index in [0.717, 1.165) is 23.9 Å². The number of fused-ring (bicyclic) bond motifs is 1. The van der Waals surface area contributed by atoms with E-state index >= 15 is 0 Å². The van der Waals surface area contributed by atoms with Crippen LogP contribution in [0.5, 0.6) is 0 Å². The van der Waals surface area contributed by atoms with Gasteiger partial charge < -0.3 is 14.5 Å². The summed E-state index contributed by atoms with van der Waals surface area (Å²) in [7, 11) is 1.66. The zero-order valence-corrected chi connectivity index (χ0v) is 11.2. The third-order valence-electron chi connectivity index (χ3n) is 3.54. The predicted octanol–water partition coefficient (Wildman–Crippen LogP) is 0.927. The number of carbonyl (C=O) groups is 1. The van der Waals surface area contributed by atoms with E-state index in [1.54, 1.807) is 13.1 Å². The predicted molar refractivity (Wildman–Crippen MR) is 72.3 cm³/mol. The van der Waals surface area contributed by atoms with Gasteiger partial charge in [-0.25, -0.2) is 4.79 Å². The van der Waals surface area contributed by atoms with Gasteiger partial charge in [0.1, 0.15) is 6.10 Å². The van der Waals surface area contributed by atoms with Gasteiger partial charge in [0.2, 0.25) is 5.91 Å². The van der Waals surface area contributed by atoms with Crippen molar-refractivity contribution in [1.29, 1.82) is 0 Å². The molecule has 2 aromatic rings. The number of nitrogens with one attached hydrogen (secondary N) is 1. The molecule has 1 aliphatic rings. The third kappa shape index (κ3) is 2.34. The zero-order valence-electron chi connectivity index (χ0n) is 11.2. The van der Waals surface area contributed by atoms with Crippen LogP contribution in [0.4, 0.5) is 0 Å². The van der Waals surface area contributed by atoms with Crippen molar-refractivity contribution in [2.45, 2.75) is 25.5 Å². The highest BCUT2D eigenvalue weighted by Gasteiger charge is 2.23. The fourth-order valence-electron chi connectivity index (χ4n) is 2.37. The van der Waals surface area contributed by atoms with E-state index in [-0.39, 0.29) is 17.8 Å². The number of oxazole rings is 1. The van der Waals surface area contributed by atoms with Crippen molar-refractivity contribution in [3.8, 4) is 0 Å². The Hall–Kier alpha value is -2.08. The van der Waals surface area contributed by atoms with Gasteiger partial charge in [0, 0.05) is 20.2 Å². The Morgan fingerprint density at radius 2 is 2.35 bits per heavy atom. The first-order chi connectivity index (χ1) is 9.65. The van der Waals surface area contributed by atoms with Crippen LogP contribution in [0.3, 0.4) is 0 Å². The third-order valence-corrected chi connectivity index (χ3v) is 3.54. The fraction of sp³-hybridized carbons (Fsp3) is 0.429. The molecule has 20 heavy (non-hydrogen) atoms. The van der Waals surface area contributed by atoms with Gasteiger partial charge in [-0.2, -0.15) is 0 Å². The second kappa shape index (κ2) is 5.13. The molecule has 0 saturated carbocycles. The maximum atomic E-state index is 11.8. The number of benzene rings is 1. The molecule has 6 heteroatoms. The van der Waals surface area contributed by atoms with E-state index < -0.39 is 0 Å². The van der Waals surface area contributed by atoms with E-state index in [2.05, 4.69) is 5.32 Å². The molecule has 1 aromatic carbocycles. The summed E-state index contributed by atoms with van der Waals surface area (Å²) in [4.78, 5) is 23.2. The second-order valence-corrected chi connectivity index (χ2v) is 4.95. The van der Waals surface area contributed by atoms with E-state index in [0.29, 0.717) is 18.7 Å². The molecule has 1 saturated heterocycles. The molecule has 0 spiro atoms. The van der Waals surface area contributed by atoms with Gasteiger partial charge in [0.25, 0.3) is 0 Å². The minimum Gasteiger partial charge on any atom is -0.408 e. The van der Waals surface area contributed by atoms with Crippen LogP contribution in [0.15, 0.2) is 27.4 Å². The molecule has 0 bridgehead atoms. The molecule has 1 unspecified atom stereocenters. The highest BCUT2D eigenvalue weighted by Crippen LogP contribution is 2.15. The first-order valence-corrected chi connectivity index (χ1v) is 6.63. The van der Waals surface area contributed by atoms with Crippen LogP contribution >= 0.6 is 0 Å². The summed E-state index contributed by atoms with van der Waals surface area (Å²) >= 11 is 0. The minimum absolute atomic E-state index is 0.0799. The molecule has 1 fully saturated rings. The van der Waals surface area contributed by atoms with Crippen molar-refractivity contribution < 1.29 is 13.9 Å². The molecule has 2 heterocycles. The lowest BCUT2D eigenvalue weighted by atomic mass is 10.2. The molecule has 6 nitrogen and oxygen atoms in total. The summed E-state index contributed by atoms with van der Waals surface area (Å²) < 4.78 is 11.8. The molecular weight excluding hydrogens is 260 g/mol. The Balaban J connectivity index is 1.72. The summed E-state index contributed by atoms with van der Waals surface area (Å²) in [5, 5.41) is 2.85. The summed E-state index contributed by atoms with van der Waals surface area (Å²) in [5.41, 5.74) is 2.19. The van der Waals surface area contributed by atoms with Gasteiger partial charge >= 0.3 is 5.76 Å². The largest absolute Gasteiger partial charge is 0.419 e. The van der Waals surface area contributed by atoms with Crippen molar-refractivity contribution in [1.82, 2.24) is 9.88 Å². The lowest BCUT2D eigenvalue weighted by Gasteiger charge is -2.10. The van der Waals surface area contributed by atoms with Crippen LogP contribution < -0.4 is 11.1 Å². The molecule has 1 aliphatic heterocycles. The van der Waals surface area contributed by atoms with E-state index in [9.17, 15) is 9.59 Å². The fourth-order valence-corrected chi connectivity index (χ4v) is 2.37. The Bertz CT molecular complexity index is 695. The summed E-state index contributed by atoms with van der Waals surface area (Å²) in [5.74, 6) is -0.468. The summed E-state index contributed by atoms with van der Waals surface area (Å²) in [6.45, 7) is 1.06. The van der Waals surface area contributed by atoms with Gasteiger partial charge in [-0.15, -0.1) is 0 Å². The highest BCUT2D eigenvalue weighted by atomic mass is 16.5. The SMILES string of the molecule is Cn1c(=O)oc2ccc(CNC(=O)C3CCCO3)cc21. The lowest BCUT2D eigenvalue weighted by molar-refractivity contribution is -0.130. The lowest BCUT2D eigenvalue weighted by Crippen LogP contribution is -2.33. The number of amides is 1. The molecule has 1 N–H and O–H groups in total. The average Bonchev–Trinajstić information content (AvgIpc) is 3.07. The van der Waals surface area contributed by atoms with Gasteiger partial charge in [0.15, 0.2) is 5.58 Å². The molecule has 1 atom stereocenters. The van der Waals surface area contributed by atoms with Crippen LogP contribution in [0, 0.1) is 0 Å². The Morgan fingerprint density at radius 1 is 1.50 bits per heavy atom. The molecule has 1 aromatic heterocycles. The minimum atomic E-state index is -0.388. The highest BCUT2D eigenvalue weighted by molar-refractivity contribution is 5.81. The average molecular weight is 276 g/mol. The Morgan fingerprint density at radius 3 is 3.10 bits per heavy atom. The Labute approximate surface area is 115 Å². The van der Waals surface area contributed by atoms with Crippen molar-refractivity contribution in [3.05, 3.63) is 34.3 Å². The standard InChI is InChI=1S/C14H16N2O4/c1-16-10-7-9(4-5-11(10)20-14(16)18)8-15-13(17)12-3-2-6-19-12/h4-5,7,12H,2-3,6,8H2,1H3,(H,15,17). The molecular formula is C14H16N2O4. The van der Waals surface area contributed by atoms with Crippen LogP contribution in [0.2, 0.25) is 0 Å². The van der Waals surface area contributed by atoms with Crippen LogP contribution in [-0.4, -0.2) is 23.2 Å². The monoisotopic (exact) mass is 276 g/mol. The van der Waals surface area contributed by atoms with Crippen molar-refractivity contribution in [3.63, 3.8) is 0 Å². The normalized spacial score (nSPS) is 18.6. The van der Waals surface area contributed by atoms with Gasteiger partial charge in [0.05, 0.1) is 5.52 Å². The maximum Gasteiger partial charge on any atom is 0.419 e.